The normalized spacial score (nSPS) is 10.4. The van der Waals surface area contributed by atoms with Crippen molar-refractivity contribution >= 4 is 5.91 Å². The maximum absolute atomic E-state index is 11.9. The van der Waals surface area contributed by atoms with E-state index in [1.54, 1.807) is 13.0 Å². The predicted molar refractivity (Wildman–Crippen MR) is 89.6 cm³/mol. The number of hydrogen-bond donors (Lipinski definition) is 1. The Morgan fingerprint density at radius 3 is 2.50 bits per heavy atom. The van der Waals surface area contributed by atoms with Gasteiger partial charge in [-0.05, 0) is 30.2 Å². The Bertz CT molecular complexity index is 795. The van der Waals surface area contributed by atoms with Gasteiger partial charge in [0, 0.05) is 12.6 Å². The van der Waals surface area contributed by atoms with Crippen molar-refractivity contribution < 1.29 is 14.1 Å². The molecule has 0 saturated carbocycles. The van der Waals surface area contributed by atoms with E-state index < -0.39 is 0 Å². The molecular weight excluding hydrogens is 304 g/mol. The molecule has 0 aliphatic rings. The first-order chi connectivity index (χ1) is 11.7. The second-order valence-corrected chi connectivity index (χ2v) is 5.43. The summed E-state index contributed by atoms with van der Waals surface area (Å²) in [6, 6.07) is 19.2. The maximum Gasteiger partial charge on any atom is 0.290 e. The number of aryl methyl sites for hydroxylation is 1. The number of carbonyl (C=O) groups excluding carboxylic acids is 1. The fourth-order valence-electron chi connectivity index (χ4n) is 2.18. The first-order valence-electron chi connectivity index (χ1n) is 7.68. The van der Waals surface area contributed by atoms with E-state index in [0.29, 0.717) is 18.8 Å². The first-order valence-corrected chi connectivity index (χ1v) is 7.68. The summed E-state index contributed by atoms with van der Waals surface area (Å²) in [4.78, 5) is 11.9. The minimum absolute atomic E-state index is 0.218. The highest BCUT2D eigenvalue weighted by atomic mass is 16.5. The zero-order chi connectivity index (χ0) is 16.8. The molecule has 3 rings (SSSR count). The number of ether oxygens (including phenoxy) is 1. The summed E-state index contributed by atoms with van der Waals surface area (Å²) in [7, 11) is 0. The molecule has 0 aliphatic carbocycles. The van der Waals surface area contributed by atoms with Crippen LogP contribution in [0.4, 0.5) is 0 Å². The second kappa shape index (κ2) is 7.46. The molecule has 122 valence electrons. The van der Waals surface area contributed by atoms with E-state index in [-0.39, 0.29) is 11.7 Å². The molecule has 1 amide bonds. The average Bonchev–Trinajstić information content (AvgIpc) is 3.06. The van der Waals surface area contributed by atoms with Crippen LogP contribution < -0.4 is 10.1 Å². The Hall–Kier alpha value is -3.08. The number of rotatable bonds is 6. The van der Waals surface area contributed by atoms with Crippen molar-refractivity contribution in [1.82, 2.24) is 10.5 Å². The lowest BCUT2D eigenvalue weighted by Gasteiger charge is -2.08. The van der Waals surface area contributed by atoms with E-state index in [1.807, 2.05) is 54.6 Å². The van der Waals surface area contributed by atoms with Gasteiger partial charge in [0.25, 0.3) is 5.91 Å². The number of carbonyl (C=O) groups is 1. The van der Waals surface area contributed by atoms with Gasteiger partial charge >= 0.3 is 0 Å². The molecular formula is C19H18N2O3. The second-order valence-electron chi connectivity index (χ2n) is 5.43. The van der Waals surface area contributed by atoms with Crippen molar-refractivity contribution in [1.29, 1.82) is 0 Å². The largest absolute Gasteiger partial charge is 0.489 e. The van der Waals surface area contributed by atoms with Gasteiger partial charge < -0.3 is 14.6 Å². The predicted octanol–water partition coefficient (Wildman–Crippen LogP) is 3.49. The minimum Gasteiger partial charge on any atom is -0.489 e. The molecule has 1 aromatic heterocycles. The van der Waals surface area contributed by atoms with E-state index in [2.05, 4.69) is 10.5 Å². The van der Waals surface area contributed by atoms with Gasteiger partial charge in [-0.25, -0.2) is 0 Å². The van der Waals surface area contributed by atoms with E-state index in [4.69, 9.17) is 9.26 Å². The van der Waals surface area contributed by atoms with Crippen LogP contribution in [0.2, 0.25) is 0 Å². The number of nitrogens with zero attached hydrogens (tertiary/aromatic N) is 1. The first kappa shape index (κ1) is 15.8. The molecule has 24 heavy (non-hydrogen) atoms. The Morgan fingerprint density at radius 2 is 1.83 bits per heavy atom. The van der Waals surface area contributed by atoms with Crippen LogP contribution in [0, 0.1) is 6.92 Å². The summed E-state index contributed by atoms with van der Waals surface area (Å²) in [5.41, 5.74) is 2.78. The lowest BCUT2D eigenvalue weighted by atomic mass is 10.2. The van der Waals surface area contributed by atoms with Gasteiger partial charge in [-0.3, -0.25) is 4.79 Å². The topological polar surface area (TPSA) is 64.4 Å². The molecule has 0 spiro atoms. The molecule has 1 N–H and O–H groups in total. The van der Waals surface area contributed by atoms with Crippen molar-refractivity contribution in [2.24, 2.45) is 0 Å². The molecule has 0 radical (unpaired) electrons. The van der Waals surface area contributed by atoms with Crippen LogP contribution in [0.5, 0.6) is 5.75 Å². The smallest absolute Gasteiger partial charge is 0.290 e. The van der Waals surface area contributed by atoms with Crippen molar-refractivity contribution in [3.05, 3.63) is 83.2 Å². The molecule has 0 aliphatic heterocycles. The van der Waals surface area contributed by atoms with Crippen molar-refractivity contribution in [3.8, 4) is 5.75 Å². The molecule has 0 unspecified atom stereocenters. The Balaban J connectivity index is 1.50. The van der Waals surface area contributed by atoms with Gasteiger partial charge in [0.15, 0.2) is 0 Å². The van der Waals surface area contributed by atoms with E-state index in [1.165, 1.54) is 0 Å². The highest BCUT2D eigenvalue weighted by Gasteiger charge is 2.10. The van der Waals surface area contributed by atoms with Crippen LogP contribution in [0.1, 0.15) is 27.4 Å². The minimum atomic E-state index is -0.278. The number of amides is 1. The van der Waals surface area contributed by atoms with Crippen molar-refractivity contribution in [2.75, 3.05) is 0 Å². The van der Waals surface area contributed by atoms with Crippen LogP contribution in [0.15, 0.2) is 65.2 Å². The fraction of sp³-hybridized carbons (Fsp3) is 0.158. The quantitative estimate of drug-likeness (QED) is 0.754. The number of aromatic nitrogens is 1. The highest BCUT2D eigenvalue weighted by molar-refractivity contribution is 5.91. The van der Waals surface area contributed by atoms with Gasteiger partial charge in [0.1, 0.15) is 12.4 Å². The zero-order valence-corrected chi connectivity index (χ0v) is 13.4. The van der Waals surface area contributed by atoms with Crippen LogP contribution >= 0.6 is 0 Å². The third-order valence-corrected chi connectivity index (χ3v) is 3.48. The van der Waals surface area contributed by atoms with Crippen molar-refractivity contribution in [3.63, 3.8) is 0 Å². The van der Waals surface area contributed by atoms with Crippen LogP contribution in [-0.2, 0) is 13.2 Å². The van der Waals surface area contributed by atoms with Gasteiger partial charge in [-0.1, -0.05) is 47.6 Å². The summed E-state index contributed by atoms with van der Waals surface area (Å²) >= 11 is 0. The van der Waals surface area contributed by atoms with Gasteiger partial charge in [0.2, 0.25) is 5.76 Å². The molecule has 2 aromatic carbocycles. The Kier molecular flexibility index (Phi) is 4.91. The summed E-state index contributed by atoms with van der Waals surface area (Å²) in [6.07, 6.45) is 0. The Labute approximate surface area is 140 Å². The third kappa shape index (κ3) is 4.23. The lowest BCUT2D eigenvalue weighted by molar-refractivity contribution is 0.0914. The summed E-state index contributed by atoms with van der Waals surface area (Å²) in [5.74, 6) is 0.732. The zero-order valence-electron chi connectivity index (χ0n) is 13.4. The number of hydrogen-bond acceptors (Lipinski definition) is 4. The lowest BCUT2D eigenvalue weighted by Crippen LogP contribution is -2.22. The van der Waals surface area contributed by atoms with Crippen LogP contribution in [0.25, 0.3) is 0 Å². The standard InChI is InChI=1S/C19H18N2O3/c1-14-11-18(24-21-14)19(22)20-12-15-7-9-17(10-8-15)23-13-16-5-3-2-4-6-16/h2-11H,12-13H2,1H3,(H,20,22). The average molecular weight is 322 g/mol. The molecule has 5 heteroatoms. The summed E-state index contributed by atoms with van der Waals surface area (Å²) in [5, 5.41) is 6.49. The summed E-state index contributed by atoms with van der Waals surface area (Å²) < 4.78 is 10.7. The SMILES string of the molecule is Cc1cc(C(=O)NCc2ccc(OCc3ccccc3)cc2)on1. The Morgan fingerprint density at radius 1 is 1.08 bits per heavy atom. The molecule has 0 saturated heterocycles. The van der Waals surface area contributed by atoms with Gasteiger partial charge in [0.05, 0.1) is 5.69 Å². The monoisotopic (exact) mass is 322 g/mol. The third-order valence-electron chi connectivity index (χ3n) is 3.48. The number of nitrogens with one attached hydrogen (secondary N) is 1. The molecule has 3 aromatic rings. The summed E-state index contributed by atoms with van der Waals surface area (Å²) in [6.45, 7) is 2.72. The fourth-order valence-corrected chi connectivity index (χ4v) is 2.18. The maximum atomic E-state index is 11.9. The molecule has 0 bridgehead atoms. The molecule has 0 fully saturated rings. The van der Waals surface area contributed by atoms with E-state index in [0.717, 1.165) is 16.9 Å². The molecule has 5 nitrogen and oxygen atoms in total. The van der Waals surface area contributed by atoms with Gasteiger partial charge in [-0.2, -0.15) is 0 Å². The van der Waals surface area contributed by atoms with Gasteiger partial charge in [-0.15, -0.1) is 0 Å². The number of benzene rings is 2. The van der Waals surface area contributed by atoms with E-state index in [9.17, 15) is 4.79 Å². The van der Waals surface area contributed by atoms with E-state index >= 15 is 0 Å². The molecule has 1 heterocycles. The highest BCUT2D eigenvalue weighted by Crippen LogP contribution is 2.14. The van der Waals surface area contributed by atoms with Crippen LogP contribution in [0.3, 0.4) is 0 Å². The van der Waals surface area contributed by atoms with Crippen LogP contribution in [-0.4, -0.2) is 11.1 Å². The van der Waals surface area contributed by atoms with Crippen molar-refractivity contribution in [2.45, 2.75) is 20.1 Å². The molecule has 0 atom stereocenters.